The molecule has 13 nitrogen and oxygen atoms in total. The average Bonchev–Trinajstić information content (AvgIpc) is 3.33. The average molecular weight is 592 g/mol. The number of ether oxygens (including phenoxy) is 1. The first-order chi connectivity index (χ1) is 17.9. The summed E-state index contributed by atoms with van der Waals surface area (Å²) >= 11 is 6.30. The van der Waals surface area contributed by atoms with E-state index in [0.717, 1.165) is 11.8 Å². The molecular weight excluding hydrogens is 560 g/mol. The Morgan fingerprint density at radius 2 is 1.68 bits per heavy atom. The molecule has 4 aliphatic carbocycles. The Balaban J connectivity index is 1.21. The summed E-state index contributed by atoms with van der Waals surface area (Å²) in [6.07, 6.45) is 2.00. The van der Waals surface area contributed by atoms with Crippen LogP contribution in [0.3, 0.4) is 0 Å². The normalized spacial score (nSPS) is 38.1. The van der Waals surface area contributed by atoms with E-state index in [9.17, 15) is 24.2 Å². The van der Waals surface area contributed by atoms with Gasteiger partial charge in [-0.2, -0.15) is 9.97 Å². The van der Waals surface area contributed by atoms with E-state index >= 15 is 0 Å². The summed E-state index contributed by atoms with van der Waals surface area (Å²) in [6, 6.07) is 0.281. The van der Waals surface area contributed by atoms with Crippen molar-refractivity contribution < 1.29 is 38.8 Å². The molecule has 5 aliphatic rings. The number of nitrogens with one attached hydrogen (secondary N) is 1. The van der Waals surface area contributed by atoms with Gasteiger partial charge in [0.25, 0.3) is 0 Å². The number of anilines is 1. The Morgan fingerprint density at radius 1 is 1.03 bits per heavy atom. The van der Waals surface area contributed by atoms with Crippen molar-refractivity contribution >= 4 is 43.5 Å². The molecule has 5 atom stereocenters. The molecule has 1 aliphatic heterocycles. The summed E-state index contributed by atoms with van der Waals surface area (Å²) in [6.45, 7) is 0. The third-order valence-corrected chi connectivity index (χ3v) is 13.1. The summed E-state index contributed by atoms with van der Waals surface area (Å²) < 4.78 is 30.6. The molecule has 0 radical (unpaired) electrons. The molecule has 4 bridgehead atoms. The highest BCUT2D eigenvalue weighted by Gasteiger charge is 2.49. The van der Waals surface area contributed by atoms with Crippen LogP contribution < -0.4 is 5.32 Å². The molecule has 7 rings (SSSR count). The monoisotopic (exact) mass is 591 g/mol. The van der Waals surface area contributed by atoms with E-state index in [1.807, 2.05) is 0 Å². The zero-order chi connectivity index (χ0) is 27.0. The predicted molar refractivity (Wildman–Crippen MR) is 137 cm³/mol. The predicted octanol–water partition coefficient (Wildman–Crippen LogP) is 2.13. The fraction of sp³-hybridized carbons (Fsp3) is 0.773. The van der Waals surface area contributed by atoms with Crippen LogP contribution in [-0.4, -0.2) is 80.8 Å². The molecule has 0 spiro atoms. The largest absolute Gasteiger partial charge is 0.388 e. The molecule has 16 heteroatoms. The fourth-order valence-corrected chi connectivity index (χ4v) is 11.1. The Kier molecular flexibility index (Phi) is 6.94. The van der Waals surface area contributed by atoms with E-state index in [1.165, 1.54) is 43.0 Å². The third kappa shape index (κ3) is 5.18. The van der Waals surface area contributed by atoms with E-state index < -0.39 is 51.6 Å². The van der Waals surface area contributed by atoms with Gasteiger partial charge in [-0.05, 0) is 73.8 Å². The molecule has 0 aromatic carbocycles. The third-order valence-electron chi connectivity index (χ3n) is 8.70. The molecule has 5 fully saturated rings. The maximum absolute atomic E-state index is 12.2. The number of nitrogens with zero attached hydrogens (tertiary/aromatic N) is 4. The van der Waals surface area contributed by atoms with Gasteiger partial charge in [0.2, 0.25) is 12.7 Å². The van der Waals surface area contributed by atoms with Crippen LogP contribution in [0.4, 0.5) is 5.82 Å². The lowest BCUT2D eigenvalue weighted by Gasteiger charge is -2.54. The maximum atomic E-state index is 12.2. The second kappa shape index (κ2) is 9.75. The van der Waals surface area contributed by atoms with Gasteiger partial charge in [0.15, 0.2) is 23.2 Å². The van der Waals surface area contributed by atoms with Crippen LogP contribution in [0.1, 0.15) is 44.8 Å². The number of aromatic nitrogens is 4. The summed E-state index contributed by atoms with van der Waals surface area (Å²) in [4.78, 5) is 41.2. The lowest BCUT2D eigenvalue weighted by atomic mass is 9.54. The number of halogens is 1. The van der Waals surface area contributed by atoms with Crippen molar-refractivity contribution in [2.75, 3.05) is 17.4 Å². The molecule has 3 unspecified atom stereocenters. The standard InChI is InChI=1S/C22H32ClN5O8P2/c23-22-26-19(25-15-12-4-10-3-11(6-12)7-13(15)5-10)16-20(27-22)28(8-24-16)21-18(30)17(29)14(36-21)1-2-37(31,32)9-38(33,34)35/h8,10-15,17-18,21,29-30H,1-7,9H2,(H,31,32)(H,25,26,27)(H2,33,34,35)/t10?,11?,12?,13?,14-,15?,17?,18?,21-/m1/s1. The summed E-state index contributed by atoms with van der Waals surface area (Å²) in [5.41, 5.74) is 0.765. The maximum Gasteiger partial charge on any atom is 0.335 e. The lowest BCUT2D eigenvalue weighted by Crippen LogP contribution is -2.51. The van der Waals surface area contributed by atoms with Crippen molar-refractivity contribution in [3.05, 3.63) is 11.6 Å². The number of fused-ring (bicyclic) bond motifs is 1. The van der Waals surface area contributed by atoms with Gasteiger partial charge in [0.1, 0.15) is 18.1 Å². The van der Waals surface area contributed by atoms with Crippen molar-refractivity contribution in [2.24, 2.45) is 23.7 Å². The first-order valence-corrected chi connectivity index (χ1v) is 17.1. The van der Waals surface area contributed by atoms with Crippen LogP contribution in [0, 0.1) is 23.7 Å². The van der Waals surface area contributed by atoms with E-state index in [1.54, 1.807) is 0 Å². The molecule has 6 N–H and O–H groups in total. The van der Waals surface area contributed by atoms with Crippen molar-refractivity contribution in [2.45, 2.75) is 69.1 Å². The van der Waals surface area contributed by atoms with Crippen LogP contribution in [0.25, 0.3) is 11.2 Å². The minimum Gasteiger partial charge on any atom is -0.388 e. The molecule has 210 valence electrons. The number of hydrogen-bond donors (Lipinski definition) is 6. The zero-order valence-corrected chi connectivity index (χ0v) is 23.0. The zero-order valence-electron chi connectivity index (χ0n) is 20.5. The van der Waals surface area contributed by atoms with Crippen LogP contribution in [0.5, 0.6) is 0 Å². The lowest BCUT2D eigenvalue weighted by molar-refractivity contribution is -0.0354. The Labute approximate surface area is 223 Å². The van der Waals surface area contributed by atoms with E-state index in [2.05, 4.69) is 20.3 Å². The van der Waals surface area contributed by atoms with Crippen LogP contribution in [0.2, 0.25) is 5.28 Å². The molecule has 1 saturated heterocycles. The second-order valence-electron chi connectivity index (χ2n) is 11.5. The number of hydrogen-bond acceptors (Lipinski definition) is 9. The van der Waals surface area contributed by atoms with Crippen molar-refractivity contribution in [1.29, 1.82) is 0 Å². The first kappa shape index (κ1) is 27.1. The molecular formula is C22H32ClN5O8P2. The summed E-state index contributed by atoms with van der Waals surface area (Å²) in [5.74, 6) is 2.17. The van der Waals surface area contributed by atoms with Crippen LogP contribution in [0.15, 0.2) is 6.33 Å². The minimum atomic E-state index is -4.70. The van der Waals surface area contributed by atoms with Crippen LogP contribution in [-0.2, 0) is 13.9 Å². The number of aliphatic hydroxyl groups is 2. The molecule has 3 heterocycles. The van der Waals surface area contributed by atoms with E-state index in [0.29, 0.717) is 28.8 Å². The summed E-state index contributed by atoms with van der Waals surface area (Å²) in [5, 5.41) is 24.9. The quantitative estimate of drug-likeness (QED) is 0.193. The SMILES string of the molecule is O=P(O)(O)CP(=O)(O)CC[C@H]1O[C@@H](n2cnc3c(NC4C5CC6CC(C5)CC4C6)nc(Cl)nc32)C(O)C1O. The Morgan fingerprint density at radius 3 is 2.32 bits per heavy atom. The van der Waals surface area contributed by atoms with Gasteiger partial charge in [0.05, 0.1) is 12.4 Å². The van der Waals surface area contributed by atoms with Gasteiger partial charge in [0, 0.05) is 12.2 Å². The highest BCUT2D eigenvalue weighted by atomic mass is 35.5. The van der Waals surface area contributed by atoms with Crippen LogP contribution >= 0.6 is 26.6 Å². The smallest absolute Gasteiger partial charge is 0.335 e. The number of aliphatic hydroxyl groups excluding tert-OH is 2. The minimum absolute atomic E-state index is 0.00573. The first-order valence-electron chi connectivity index (χ1n) is 12.9. The van der Waals surface area contributed by atoms with Crippen molar-refractivity contribution in [3.8, 4) is 0 Å². The molecule has 2 aromatic heterocycles. The highest BCUT2D eigenvalue weighted by molar-refractivity contribution is 7.72. The molecule has 2 aromatic rings. The van der Waals surface area contributed by atoms with Gasteiger partial charge < -0.3 is 34.9 Å². The van der Waals surface area contributed by atoms with Crippen molar-refractivity contribution in [1.82, 2.24) is 19.5 Å². The number of rotatable bonds is 8. The van der Waals surface area contributed by atoms with Gasteiger partial charge in [-0.25, -0.2) is 4.98 Å². The molecule has 4 saturated carbocycles. The Hall–Kier alpha value is -1.14. The van der Waals surface area contributed by atoms with E-state index in [-0.39, 0.29) is 17.7 Å². The van der Waals surface area contributed by atoms with E-state index in [4.69, 9.17) is 26.1 Å². The Bertz CT molecular complexity index is 1290. The van der Waals surface area contributed by atoms with Crippen molar-refractivity contribution in [3.63, 3.8) is 0 Å². The summed E-state index contributed by atoms with van der Waals surface area (Å²) in [7, 11) is -8.87. The van der Waals surface area contributed by atoms with Gasteiger partial charge >= 0.3 is 7.60 Å². The number of imidazole rings is 1. The van der Waals surface area contributed by atoms with Gasteiger partial charge in [-0.15, -0.1) is 0 Å². The second-order valence-corrected chi connectivity index (χ2v) is 16.4. The van der Waals surface area contributed by atoms with Gasteiger partial charge in [-0.1, -0.05) is 0 Å². The topological polar surface area (TPSA) is 200 Å². The fourth-order valence-electron chi connectivity index (χ4n) is 7.38. The highest BCUT2D eigenvalue weighted by Crippen LogP contribution is 2.56. The molecule has 0 amide bonds. The molecule has 38 heavy (non-hydrogen) atoms. The van der Waals surface area contributed by atoms with Gasteiger partial charge in [-0.3, -0.25) is 13.7 Å².